The summed E-state index contributed by atoms with van der Waals surface area (Å²) in [5, 5.41) is 20.1. The van der Waals surface area contributed by atoms with Crippen LogP contribution in [0.5, 0.6) is 0 Å². The van der Waals surface area contributed by atoms with Crippen LogP contribution < -0.4 is 5.32 Å². The Hall–Kier alpha value is -2.25. The lowest BCUT2D eigenvalue weighted by atomic mass is 9.89. The van der Waals surface area contributed by atoms with Gasteiger partial charge in [-0.1, -0.05) is 177 Å². The molecule has 0 aliphatic carbocycles. The van der Waals surface area contributed by atoms with E-state index in [0.29, 0.717) is 28.1 Å². The molecule has 2 rings (SSSR count). The summed E-state index contributed by atoms with van der Waals surface area (Å²) in [6.45, 7) is 30.3. The van der Waals surface area contributed by atoms with Crippen LogP contribution in [0.4, 0.5) is 0 Å². The molecule has 0 aromatic carbocycles. The van der Waals surface area contributed by atoms with Crippen molar-refractivity contribution in [3.63, 3.8) is 0 Å². The second kappa shape index (κ2) is 29.1. The van der Waals surface area contributed by atoms with Crippen molar-refractivity contribution in [1.29, 1.82) is 0 Å². The SMILES string of the molecule is CC(C)(C)CCCCCCCCCCCn1cc(CCCCC(C)(C)C)nn1.CC(C)(C)CCCCCCNC(=O)CCCn1cc(CCCCC(C)(C)C)nn1. The summed E-state index contributed by atoms with van der Waals surface area (Å²) in [7, 11) is 0. The predicted molar refractivity (Wildman–Crippen MR) is 244 cm³/mol. The van der Waals surface area contributed by atoms with Gasteiger partial charge in [-0.3, -0.25) is 14.2 Å². The number of nitrogens with zero attached hydrogens (tertiary/aromatic N) is 6. The van der Waals surface area contributed by atoms with Crippen molar-refractivity contribution >= 4 is 5.91 Å². The van der Waals surface area contributed by atoms with E-state index in [-0.39, 0.29) is 5.91 Å². The lowest BCUT2D eigenvalue weighted by Gasteiger charge is -2.17. The Morgan fingerprint density at radius 3 is 1.19 bits per heavy atom. The van der Waals surface area contributed by atoms with Crippen LogP contribution in [0.1, 0.15) is 242 Å². The maximum atomic E-state index is 12.0. The van der Waals surface area contributed by atoms with E-state index in [2.05, 4.69) is 115 Å². The molecule has 0 spiro atoms. The summed E-state index contributed by atoms with van der Waals surface area (Å²) >= 11 is 0. The molecule has 0 saturated carbocycles. The predicted octanol–water partition coefficient (Wildman–Crippen LogP) is 13.9. The second-order valence-corrected chi connectivity index (χ2v) is 22.2. The van der Waals surface area contributed by atoms with Crippen molar-refractivity contribution < 1.29 is 4.79 Å². The molecule has 2 aromatic heterocycles. The zero-order valence-corrected chi connectivity index (χ0v) is 40.0. The third-order valence-corrected chi connectivity index (χ3v) is 10.7. The average molecular weight is 798 g/mol. The van der Waals surface area contributed by atoms with Crippen LogP contribution in [-0.2, 0) is 30.7 Å². The number of unbranched alkanes of at least 4 members (excludes halogenated alkanes) is 13. The van der Waals surface area contributed by atoms with Crippen molar-refractivity contribution in [2.24, 2.45) is 21.7 Å². The van der Waals surface area contributed by atoms with E-state index in [1.165, 1.54) is 128 Å². The van der Waals surface area contributed by atoms with Crippen LogP contribution in [0.25, 0.3) is 0 Å². The third kappa shape index (κ3) is 35.4. The fourth-order valence-electron chi connectivity index (χ4n) is 7.07. The highest BCUT2D eigenvalue weighted by Crippen LogP contribution is 2.25. The average Bonchev–Trinajstić information content (AvgIpc) is 3.75. The molecule has 2 aromatic rings. The Labute approximate surface area is 353 Å². The van der Waals surface area contributed by atoms with Gasteiger partial charge in [0.2, 0.25) is 5.91 Å². The molecule has 0 radical (unpaired) electrons. The van der Waals surface area contributed by atoms with E-state index < -0.39 is 0 Å². The topological polar surface area (TPSA) is 90.5 Å². The molecule has 1 N–H and O–H groups in total. The van der Waals surface area contributed by atoms with Crippen molar-refractivity contribution in [3.05, 3.63) is 23.8 Å². The highest BCUT2D eigenvalue weighted by atomic mass is 16.1. The fourth-order valence-corrected chi connectivity index (χ4v) is 7.07. The molecule has 0 fully saturated rings. The van der Waals surface area contributed by atoms with Crippen LogP contribution in [-0.4, -0.2) is 42.4 Å². The highest BCUT2D eigenvalue weighted by Gasteiger charge is 2.12. The van der Waals surface area contributed by atoms with Gasteiger partial charge in [-0.25, -0.2) is 0 Å². The van der Waals surface area contributed by atoms with Gasteiger partial charge in [-0.05, 0) is 92.3 Å². The number of aromatic nitrogens is 6. The number of carbonyl (C=O) groups is 1. The van der Waals surface area contributed by atoms with Crippen molar-refractivity contribution in [1.82, 2.24) is 35.3 Å². The number of aryl methyl sites for hydroxylation is 4. The molecule has 8 heteroatoms. The van der Waals surface area contributed by atoms with Gasteiger partial charge in [-0.2, -0.15) is 0 Å². The summed E-state index contributed by atoms with van der Waals surface area (Å²) in [4.78, 5) is 12.0. The monoisotopic (exact) mass is 798 g/mol. The Kier molecular flexibility index (Phi) is 26.9. The van der Waals surface area contributed by atoms with Gasteiger partial charge in [-0.15, -0.1) is 10.2 Å². The minimum Gasteiger partial charge on any atom is -0.356 e. The molecule has 8 nitrogen and oxygen atoms in total. The number of carbonyl (C=O) groups excluding carboxylic acids is 1. The zero-order valence-electron chi connectivity index (χ0n) is 40.0. The van der Waals surface area contributed by atoms with E-state index in [1.54, 1.807) is 0 Å². The molecular weight excluding hydrogens is 703 g/mol. The Bertz CT molecular complexity index is 1250. The highest BCUT2D eigenvalue weighted by molar-refractivity contribution is 5.75. The Morgan fingerprint density at radius 1 is 0.456 bits per heavy atom. The van der Waals surface area contributed by atoms with Crippen LogP contribution in [0, 0.1) is 21.7 Å². The molecule has 0 aliphatic rings. The summed E-state index contributed by atoms with van der Waals surface area (Å²) in [5.74, 6) is 0.155. The quantitative estimate of drug-likeness (QED) is 0.0828. The lowest BCUT2D eigenvalue weighted by molar-refractivity contribution is -0.121. The van der Waals surface area contributed by atoms with E-state index >= 15 is 0 Å². The van der Waals surface area contributed by atoms with Gasteiger partial charge < -0.3 is 5.32 Å². The summed E-state index contributed by atoms with van der Waals surface area (Å²) in [6, 6.07) is 0. The number of hydrogen-bond donors (Lipinski definition) is 1. The van der Waals surface area contributed by atoms with Gasteiger partial charge in [0.05, 0.1) is 11.4 Å². The number of nitrogens with one attached hydrogen (secondary N) is 1. The number of hydrogen-bond acceptors (Lipinski definition) is 5. The van der Waals surface area contributed by atoms with Crippen LogP contribution in [0.15, 0.2) is 12.4 Å². The van der Waals surface area contributed by atoms with E-state index in [0.717, 1.165) is 57.4 Å². The number of amides is 1. The van der Waals surface area contributed by atoms with Gasteiger partial charge in [0, 0.05) is 38.4 Å². The largest absolute Gasteiger partial charge is 0.356 e. The molecule has 0 aliphatic heterocycles. The van der Waals surface area contributed by atoms with Crippen LogP contribution >= 0.6 is 0 Å². The van der Waals surface area contributed by atoms with Crippen molar-refractivity contribution in [3.8, 4) is 0 Å². The Balaban J connectivity index is 0.000000570. The minimum absolute atomic E-state index is 0.155. The normalized spacial score (nSPS) is 12.5. The molecule has 2 heterocycles. The molecular formula is C49H95N7O. The summed E-state index contributed by atoms with van der Waals surface area (Å²) in [5.41, 5.74) is 4.03. The van der Waals surface area contributed by atoms with Crippen LogP contribution in [0.3, 0.4) is 0 Å². The first-order chi connectivity index (χ1) is 26.7. The van der Waals surface area contributed by atoms with Gasteiger partial charge in [0.15, 0.2) is 0 Å². The smallest absolute Gasteiger partial charge is 0.220 e. The lowest BCUT2D eigenvalue weighted by Crippen LogP contribution is -2.24. The third-order valence-electron chi connectivity index (χ3n) is 10.7. The Morgan fingerprint density at radius 2 is 0.789 bits per heavy atom. The maximum Gasteiger partial charge on any atom is 0.220 e. The van der Waals surface area contributed by atoms with Gasteiger partial charge >= 0.3 is 0 Å². The molecule has 57 heavy (non-hydrogen) atoms. The maximum absolute atomic E-state index is 12.0. The molecule has 0 atom stereocenters. The standard InChI is InChI=1S/C25H49N3.C24H46N4O/c1-24(2,3)19-15-12-10-8-7-9-11-13-17-21-28-22-23(26-27-28)18-14-16-20-25(4,5)6;1-23(2,3)16-10-7-8-12-18-25-22(29)15-13-19-28-20-21(26-27-28)14-9-11-17-24(4,5)6/h22H,7-21H2,1-6H3;20H,7-19H2,1-6H3,(H,25,29). The second-order valence-electron chi connectivity index (χ2n) is 22.2. The number of rotatable bonds is 29. The molecule has 0 unspecified atom stereocenters. The van der Waals surface area contributed by atoms with Gasteiger partial charge in [0.25, 0.3) is 0 Å². The molecule has 1 amide bonds. The van der Waals surface area contributed by atoms with E-state index in [4.69, 9.17) is 0 Å². The molecule has 332 valence electrons. The zero-order chi connectivity index (χ0) is 42.6. The first-order valence-corrected chi connectivity index (χ1v) is 23.8. The first-order valence-electron chi connectivity index (χ1n) is 23.8. The van der Waals surface area contributed by atoms with E-state index in [9.17, 15) is 4.79 Å². The summed E-state index contributed by atoms with van der Waals surface area (Å²) in [6.07, 6.45) is 35.0. The molecule has 0 saturated heterocycles. The van der Waals surface area contributed by atoms with Crippen molar-refractivity contribution in [2.75, 3.05) is 6.54 Å². The molecule has 0 bridgehead atoms. The van der Waals surface area contributed by atoms with Crippen molar-refractivity contribution in [2.45, 2.75) is 257 Å². The summed E-state index contributed by atoms with van der Waals surface area (Å²) < 4.78 is 3.93. The fraction of sp³-hybridized carbons (Fsp3) is 0.898. The van der Waals surface area contributed by atoms with Crippen LogP contribution in [0.2, 0.25) is 0 Å². The minimum atomic E-state index is 0.155. The van der Waals surface area contributed by atoms with E-state index in [1.807, 2.05) is 15.6 Å². The van der Waals surface area contributed by atoms with Gasteiger partial charge in [0.1, 0.15) is 0 Å². The first kappa shape index (κ1) is 52.8.